The summed E-state index contributed by atoms with van der Waals surface area (Å²) in [5, 5.41) is 0. The van der Waals surface area contributed by atoms with E-state index in [0.717, 1.165) is 11.4 Å². The molecule has 4 heteroatoms. The van der Waals surface area contributed by atoms with Crippen molar-refractivity contribution in [1.82, 2.24) is 3.61 Å². The van der Waals surface area contributed by atoms with Crippen LogP contribution in [0.2, 0.25) is 0 Å². The zero-order chi connectivity index (χ0) is 26.4. The first kappa shape index (κ1) is 29.5. The summed E-state index contributed by atoms with van der Waals surface area (Å²) in [6, 6.07) is 13.5. The first-order chi connectivity index (χ1) is 16.3. The number of para-hydroxylation sites is 2. The summed E-state index contributed by atoms with van der Waals surface area (Å²) in [7, 11) is 4.42. The molecule has 0 fully saturated rings. The number of allylic oxidation sites excluding steroid dienone is 2. The monoisotopic (exact) mass is 530 g/mol. The van der Waals surface area contributed by atoms with Gasteiger partial charge in [-0.1, -0.05) is 0 Å². The maximum atomic E-state index is 5.23. The van der Waals surface area contributed by atoms with Crippen LogP contribution in [0.15, 0.2) is 53.2 Å². The Morgan fingerprint density at radius 2 is 1.11 bits per heavy atom. The van der Waals surface area contributed by atoms with E-state index in [1.807, 2.05) is 0 Å². The van der Waals surface area contributed by atoms with Gasteiger partial charge in [-0.3, -0.25) is 0 Å². The molecule has 0 atom stereocenters. The molecule has 2 aromatic carbocycles. The van der Waals surface area contributed by atoms with Crippen LogP contribution in [0.3, 0.4) is 0 Å². The van der Waals surface area contributed by atoms with Gasteiger partial charge in [-0.15, -0.1) is 0 Å². The zero-order valence-electron chi connectivity index (χ0n) is 24.3. The molecule has 0 aromatic heterocycles. The Kier molecular flexibility index (Phi) is 10.9. The SMILES string of the molecule is CC(/C=C(/C)[N]([Ga][N](C)C)c1c(C(C)C)cccc1C(C)C)=Nc1c(C(C)C)cccc1C(C)C. The number of anilines is 1. The molecule has 3 nitrogen and oxygen atoms in total. The van der Waals surface area contributed by atoms with E-state index in [0.29, 0.717) is 23.7 Å². The maximum absolute atomic E-state index is 5.23. The second-order valence-corrected chi connectivity index (χ2v) is 14.9. The summed E-state index contributed by atoms with van der Waals surface area (Å²) in [4.78, 5) is 5.23. The molecule has 2 rings (SSSR count). The summed E-state index contributed by atoms with van der Waals surface area (Å²) < 4.78 is 5.03. The van der Waals surface area contributed by atoms with Gasteiger partial charge in [0.25, 0.3) is 0 Å². The van der Waals surface area contributed by atoms with Crippen molar-refractivity contribution < 1.29 is 0 Å². The fourth-order valence-electron chi connectivity index (χ4n) is 4.57. The minimum atomic E-state index is -0.894. The van der Waals surface area contributed by atoms with Crippen molar-refractivity contribution in [3.05, 3.63) is 70.4 Å². The van der Waals surface area contributed by atoms with E-state index in [-0.39, 0.29) is 0 Å². The van der Waals surface area contributed by atoms with Crippen LogP contribution in [-0.2, 0) is 0 Å². The summed E-state index contributed by atoms with van der Waals surface area (Å²) >= 11 is -0.894. The number of nitrogens with zero attached hydrogens (tertiary/aromatic N) is 3. The summed E-state index contributed by atoms with van der Waals surface area (Å²) in [6.45, 7) is 22.7. The van der Waals surface area contributed by atoms with Crippen molar-refractivity contribution in [3.8, 4) is 0 Å². The molecule has 0 spiro atoms. The first-order valence-electron chi connectivity index (χ1n) is 13.1. The van der Waals surface area contributed by atoms with Crippen LogP contribution in [0.1, 0.15) is 115 Å². The van der Waals surface area contributed by atoms with Gasteiger partial charge < -0.3 is 0 Å². The van der Waals surface area contributed by atoms with Crippen LogP contribution in [-0.4, -0.2) is 41.3 Å². The molecule has 2 aromatic rings. The van der Waals surface area contributed by atoms with E-state index in [2.05, 4.69) is 133 Å². The van der Waals surface area contributed by atoms with Crippen molar-refractivity contribution >= 4 is 35.0 Å². The number of rotatable bonds is 10. The molecule has 0 aliphatic heterocycles. The molecular formula is C31H47GaN3. The quantitative estimate of drug-likeness (QED) is 0.225. The molecule has 0 unspecified atom stereocenters. The average Bonchev–Trinajstić information content (AvgIpc) is 2.76. The number of hydrogen-bond acceptors (Lipinski definition) is 3. The van der Waals surface area contributed by atoms with E-state index in [1.165, 1.54) is 33.6 Å². The van der Waals surface area contributed by atoms with E-state index >= 15 is 0 Å². The van der Waals surface area contributed by atoms with Gasteiger partial charge >= 0.3 is 225 Å². The fraction of sp³-hybridized carbons (Fsp3) is 0.516. The number of hydrogen-bond donors (Lipinski definition) is 0. The Morgan fingerprint density at radius 3 is 1.49 bits per heavy atom. The third-order valence-electron chi connectivity index (χ3n) is 6.36. The topological polar surface area (TPSA) is 18.8 Å². The van der Waals surface area contributed by atoms with Crippen molar-refractivity contribution in [2.45, 2.75) is 92.9 Å². The normalized spacial score (nSPS) is 13.1. The van der Waals surface area contributed by atoms with E-state index in [9.17, 15) is 0 Å². The predicted molar refractivity (Wildman–Crippen MR) is 158 cm³/mol. The van der Waals surface area contributed by atoms with E-state index in [1.54, 1.807) is 0 Å². The Balaban J connectivity index is 2.68. The van der Waals surface area contributed by atoms with Gasteiger partial charge in [0, 0.05) is 0 Å². The summed E-state index contributed by atoms with van der Waals surface area (Å²) in [6.07, 6.45) is 2.29. The Bertz CT molecular complexity index is 993. The summed E-state index contributed by atoms with van der Waals surface area (Å²) in [5.74, 6) is 1.82. The molecule has 1 radical (unpaired) electrons. The van der Waals surface area contributed by atoms with Gasteiger partial charge in [-0.25, -0.2) is 0 Å². The molecule has 35 heavy (non-hydrogen) atoms. The zero-order valence-corrected chi connectivity index (χ0v) is 26.7. The molecule has 0 aliphatic rings. The van der Waals surface area contributed by atoms with E-state index in [4.69, 9.17) is 4.99 Å². The number of aliphatic imine (C=N–C) groups is 1. The van der Waals surface area contributed by atoms with Crippen LogP contribution in [0, 0.1) is 0 Å². The molecule has 0 heterocycles. The molecule has 189 valence electrons. The molecule has 0 saturated carbocycles. The molecular weight excluding hydrogens is 484 g/mol. The van der Waals surface area contributed by atoms with Crippen LogP contribution in [0.25, 0.3) is 0 Å². The third-order valence-corrected chi connectivity index (χ3v) is 9.21. The number of benzene rings is 2. The second kappa shape index (κ2) is 13.0. The predicted octanol–water partition coefficient (Wildman–Crippen LogP) is 8.78. The van der Waals surface area contributed by atoms with Gasteiger partial charge in [0.2, 0.25) is 0 Å². The molecule has 0 amide bonds. The Hall–Kier alpha value is -1.75. The van der Waals surface area contributed by atoms with Gasteiger partial charge in [0.1, 0.15) is 0 Å². The van der Waals surface area contributed by atoms with E-state index < -0.39 is 17.9 Å². The minimum absolute atomic E-state index is 0.440. The summed E-state index contributed by atoms with van der Waals surface area (Å²) in [5.41, 5.74) is 10.4. The van der Waals surface area contributed by atoms with Gasteiger partial charge in [-0.05, 0) is 0 Å². The Morgan fingerprint density at radius 1 is 0.714 bits per heavy atom. The van der Waals surface area contributed by atoms with Crippen molar-refractivity contribution in [2.24, 2.45) is 4.99 Å². The Labute approximate surface area is 224 Å². The van der Waals surface area contributed by atoms with Gasteiger partial charge in [0.05, 0.1) is 0 Å². The van der Waals surface area contributed by atoms with Crippen molar-refractivity contribution in [3.63, 3.8) is 0 Å². The molecule has 0 bridgehead atoms. The van der Waals surface area contributed by atoms with Crippen LogP contribution in [0.4, 0.5) is 11.4 Å². The third kappa shape index (κ3) is 7.61. The van der Waals surface area contributed by atoms with Gasteiger partial charge in [0.15, 0.2) is 0 Å². The molecule has 0 aliphatic carbocycles. The standard InChI is InChI=1S/C29H41N2.C2H6N.Ga/c1-18(2)24-13-11-14-25(19(3)4)28(24)30-22(9)17-23(10)31-29-26(20(5)6)15-12-16-27(29)21(7)8;1-3-2;/h11-21H,1-10H3;1-2H3;/q2*-1;+2/b22-17-,31-23?;;. The van der Waals surface area contributed by atoms with Gasteiger partial charge in [-0.2, -0.15) is 0 Å². The molecule has 0 N–H and O–H groups in total. The first-order valence-corrected chi connectivity index (χ1v) is 15.3. The second-order valence-electron chi connectivity index (χ2n) is 11.2. The van der Waals surface area contributed by atoms with Crippen molar-refractivity contribution in [1.29, 1.82) is 0 Å². The van der Waals surface area contributed by atoms with Crippen LogP contribution < -0.4 is 3.61 Å². The fourth-order valence-corrected chi connectivity index (χ4v) is 6.94. The van der Waals surface area contributed by atoms with Crippen LogP contribution >= 0.6 is 0 Å². The van der Waals surface area contributed by atoms with Crippen molar-refractivity contribution in [2.75, 3.05) is 17.7 Å². The van der Waals surface area contributed by atoms with Crippen LogP contribution in [0.5, 0.6) is 0 Å². The average molecular weight is 531 g/mol. The molecule has 0 saturated heterocycles.